The van der Waals surface area contributed by atoms with Crippen molar-refractivity contribution in [2.75, 3.05) is 0 Å². The van der Waals surface area contributed by atoms with Crippen LogP contribution >= 0.6 is 11.3 Å². The molecule has 2 aromatic rings. The summed E-state index contributed by atoms with van der Waals surface area (Å²) in [6.45, 7) is 1.62. The zero-order valence-electron chi connectivity index (χ0n) is 11.2. The van der Waals surface area contributed by atoms with Crippen LogP contribution < -0.4 is 10.4 Å². The zero-order valence-corrected chi connectivity index (χ0v) is 12.0. The molecule has 0 fully saturated rings. The summed E-state index contributed by atoms with van der Waals surface area (Å²) in [6.07, 6.45) is -0.0484. The Kier molecular flexibility index (Phi) is 4.64. The molecular formula is C14H12FN2O3S-. The van der Waals surface area contributed by atoms with Gasteiger partial charge >= 0.3 is 0 Å². The minimum atomic E-state index is -1.30. The van der Waals surface area contributed by atoms with Gasteiger partial charge in [-0.3, -0.25) is 4.79 Å². The van der Waals surface area contributed by atoms with E-state index in [1.807, 2.05) is 0 Å². The maximum Gasteiger partial charge on any atom is 0.227 e. The molecule has 1 aromatic heterocycles. The van der Waals surface area contributed by atoms with Crippen molar-refractivity contribution in [3.8, 4) is 0 Å². The van der Waals surface area contributed by atoms with Crippen LogP contribution in [0.4, 0.5) is 4.39 Å². The standard InChI is InChI=1S/C14H13FN2O3S/c1-8-13(14(19)20)21-12(17-8)6-11(18)16-7-9-4-2-3-5-10(9)15/h2-5H,6-7H2,1H3,(H,16,18)(H,19,20)/p-1. The summed E-state index contributed by atoms with van der Waals surface area (Å²) < 4.78 is 13.4. The molecule has 7 heteroatoms. The number of benzene rings is 1. The smallest absolute Gasteiger partial charge is 0.227 e. The number of amides is 1. The van der Waals surface area contributed by atoms with Gasteiger partial charge in [-0.15, -0.1) is 11.3 Å². The SMILES string of the molecule is Cc1nc(CC(=O)NCc2ccccc2F)sc1C(=O)[O-]. The van der Waals surface area contributed by atoms with Crippen molar-refractivity contribution in [2.24, 2.45) is 0 Å². The van der Waals surface area contributed by atoms with Crippen molar-refractivity contribution >= 4 is 23.2 Å². The Morgan fingerprint density at radius 2 is 2.10 bits per heavy atom. The lowest BCUT2D eigenvalue weighted by molar-refractivity contribution is -0.254. The average Bonchev–Trinajstić information content (AvgIpc) is 2.79. The van der Waals surface area contributed by atoms with E-state index in [9.17, 15) is 19.1 Å². The molecule has 2 rings (SSSR count). The van der Waals surface area contributed by atoms with E-state index in [1.165, 1.54) is 6.07 Å². The normalized spacial score (nSPS) is 10.4. The molecule has 0 radical (unpaired) electrons. The van der Waals surface area contributed by atoms with Crippen LogP contribution in [0.5, 0.6) is 0 Å². The monoisotopic (exact) mass is 307 g/mol. The van der Waals surface area contributed by atoms with Crippen molar-refractivity contribution in [2.45, 2.75) is 19.9 Å². The van der Waals surface area contributed by atoms with Crippen LogP contribution in [0.25, 0.3) is 0 Å². The number of halogens is 1. The van der Waals surface area contributed by atoms with Crippen molar-refractivity contribution in [1.82, 2.24) is 10.3 Å². The van der Waals surface area contributed by atoms with Gasteiger partial charge in [0, 0.05) is 12.1 Å². The van der Waals surface area contributed by atoms with E-state index >= 15 is 0 Å². The molecule has 0 aliphatic carbocycles. The number of nitrogens with zero attached hydrogens (tertiary/aromatic N) is 1. The van der Waals surface area contributed by atoms with Crippen LogP contribution in [0.2, 0.25) is 0 Å². The molecular weight excluding hydrogens is 295 g/mol. The second kappa shape index (κ2) is 6.45. The molecule has 1 amide bonds. The number of aromatic carboxylic acids is 1. The van der Waals surface area contributed by atoms with Gasteiger partial charge in [0.2, 0.25) is 5.91 Å². The highest BCUT2D eigenvalue weighted by atomic mass is 32.1. The molecule has 0 aliphatic rings. The molecule has 0 atom stereocenters. The Morgan fingerprint density at radius 1 is 1.38 bits per heavy atom. The molecule has 21 heavy (non-hydrogen) atoms. The van der Waals surface area contributed by atoms with Gasteiger partial charge in [-0.1, -0.05) is 18.2 Å². The summed E-state index contributed by atoms with van der Waals surface area (Å²) in [5.74, 6) is -2.04. The summed E-state index contributed by atoms with van der Waals surface area (Å²) in [7, 11) is 0. The van der Waals surface area contributed by atoms with E-state index in [4.69, 9.17) is 0 Å². The fourth-order valence-corrected chi connectivity index (χ4v) is 2.65. The molecule has 0 saturated carbocycles. The highest BCUT2D eigenvalue weighted by Gasteiger charge is 2.12. The first kappa shape index (κ1) is 15.1. The Labute approximate surface area is 124 Å². The number of hydrogen-bond acceptors (Lipinski definition) is 5. The third kappa shape index (κ3) is 3.85. The summed E-state index contributed by atoms with van der Waals surface area (Å²) in [6, 6.07) is 6.15. The average molecular weight is 307 g/mol. The van der Waals surface area contributed by atoms with Gasteiger partial charge in [0.05, 0.1) is 23.0 Å². The first-order valence-corrected chi connectivity index (χ1v) is 6.96. The van der Waals surface area contributed by atoms with Gasteiger partial charge in [-0.05, 0) is 13.0 Å². The predicted octanol–water partition coefficient (Wildman–Crippen LogP) is 0.813. The van der Waals surface area contributed by atoms with E-state index < -0.39 is 5.97 Å². The fourth-order valence-electron chi connectivity index (χ4n) is 1.75. The number of thiazole rings is 1. The molecule has 1 N–H and O–H groups in total. The number of hydrogen-bond donors (Lipinski definition) is 1. The number of aryl methyl sites for hydroxylation is 1. The van der Waals surface area contributed by atoms with Crippen LogP contribution in [0.15, 0.2) is 24.3 Å². The first-order valence-electron chi connectivity index (χ1n) is 6.15. The van der Waals surface area contributed by atoms with Crippen LogP contribution in [-0.2, 0) is 17.8 Å². The number of nitrogens with one attached hydrogen (secondary N) is 1. The highest BCUT2D eigenvalue weighted by Crippen LogP contribution is 2.17. The lowest BCUT2D eigenvalue weighted by Gasteiger charge is -2.05. The molecule has 1 aromatic carbocycles. The van der Waals surface area contributed by atoms with Gasteiger partial charge in [0.25, 0.3) is 0 Å². The Bertz CT molecular complexity index is 685. The number of carboxylic acid groups (broad SMARTS) is 1. The van der Waals surface area contributed by atoms with Gasteiger partial charge in [0.15, 0.2) is 0 Å². The van der Waals surface area contributed by atoms with Gasteiger partial charge in [-0.25, -0.2) is 9.37 Å². The second-order valence-corrected chi connectivity index (χ2v) is 5.44. The third-order valence-electron chi connectivity index (χ3n) is 2.77. The Balaban J connectivity index is 1.95. The number of rotatable bonds is 5. The summed E-state index contributed by atoms with van der Waals surface area (Å²) in [4.78, 5) is 26.6. The quantitative estimate of drug-likeness (QED) is 0.886. The summed E-state index contributed by atoms with van der Waals surface area (Å²) >= 11 is 0.913. The van der Waals surface area contributed by atoms with Gasteiger partial charge in [-0.2, -0.15) is 0 Å². The Morgan fingerprint density at radius 3 is 2.71 bits per heavy atom. The third-order valence-corrected chi connectivity index (χ3v) is 3.91. The van der Waals surface area contributed by atoms with E-state index in [0.29, 0.717) is 16.3 Å². The molecule has 0 unspecified atom stereocenters. The van der Waals surface area contributed by atoms with Crippen LogP contribution in [0.3, 0.4) is 0 Å². The van der Waals surface area contributed by atoms with E-state index in [-0.39, 0.29) is 29.6 Å². The number of aromatic nitrogens is 1. The van der Waals surface area contributed by atoms with Gasteiger partial charge < -0.3 is 15.2 Å². The molecule has 0 spiro atoms. The topological polar surface area (TPSA) is 82.1 Å². The van der Waals surface area contributed by atoms with Crippen molar-refractivity contribution < 1.29 is 19.1 Å². The lowest BCUT2D eigenvalue weighted by atomic mass is 10.2. The van der Waals surface area contributed by atoms with Crippen LogP contribution in [0, 0.1) is 12.7 Å². The van der Waals surface area contributed by atoms with Gasteiger partial charge in [0.1, 0.15) is 10.8 Å². The van der Waals surface area contributed by atoms with E-state index in [1.54, 1.807) is 25.1 Å². The van der Waals surface area contributed by atoms with E-state index in [0.717, 1.165) is 11.3 Å². The molecule has 0 bridgehead atoms. The minimum Gasteiger partial charge on any atom is -0.544 e. The van der Waals surface area contributed by atoms with E-state index in [2.05, 4.69) is 10.3 Å². The molecule has 0 aliphatic heterocycles. The van der Waals surface area contributed by atoms with Crippen molar-refractivity contribution in [3.63, 3.8) is 0 Å². The zero-order chi connectivity index (χ0) is 15.4. The molecule has 5 nitrogen and oxygen atoms in total. The minimum absolute atomic E-state index is 0.0203. The van der Waals surface area contributed by atoms with Crippen molar-refractivity contribution in [3.05, 3.63) is 51.2 Å². The molecule has 1 heterocycles. The first-order chi connectivity index (χ1) is 9.97. The number of carbonyl (C=O) groups is 2. The maximum atomic E-state index is 13.4. The maximum absolute atomic E-state index is 13.4. The highest BCUT2D eigenvalue weighted by molar-refractivity contribution is 7.13. The Hall–Kier alpha value is -2.28. The second-order valence-electron chi connectivity index (χ2n) is 4.35. The van der Waals surface area contributed by atoms with Crippen LogP contribution in [-0.4, -0.2) is 16.9 Å². The molecule has 110 valence electrons. The summed E-state index contributed by atoms with van der Waals surface area (Å²) in [5, 5.41) is 13.7. The fraction of sp³-hybridized carbons (Fsp3) is 0.214. The number of carbonyl (C=O) groups excluding carboxylic acids is 2. The molecule has 0 saturated heterocycles. The van der Waals surface area contributed by atoms with Crippen molar-refractivity contribution in [1.29, 1.82) is 0 Å². The predicted molar refractivity (Wildman–Crippen MR) is 73.1 cm³/mol. The van der Waals surface area contributed by atoms with Crippen LogP contribution in [0.1, 0.15) is 25.9 Å². The summed E-state index contributed by atoms with van der Waals surface area (Å²) in [5.41, 5.74) is 0.716. The lowest BCUT2D eigenvalue weighted by Crippen LogP contribution is -2.25. The largest absolute Gasteiger partial charge is 0.544 e. The number of carboxylic acids is 1.